The van der Waals surface area contributed by atoms with Crippen molar-refractivity contribution in [2.75, 3.05) is 44.7 Å². The molecule has 9 nitrogen and oxygen atoms in total. The summed E-state index contributed by atoms with van der Waals surface area (Å²) < 4.78 is 27.6. The minimum absolute atomic E-state index is 0.183. The van der Waals surface area contributed by atoms with Gasteiger partial charge in [0.25, 0.3) is 0 Å². The summed E-state index contributed by atoms with van der Waals surface area (Å²) in [4.78, 5) is 28.3. The predicted octanol–water partition coefficient (Wildman–Crippen LogP) is 4.17. The maximum Gasteiger partial charge on any atom is 0.318 e. The highest BCUT2D eigenvalue weighted by Gasteiger charge is 2.34. The highest BCUT2D eigenvalue weighted by Crippen LogP contribution is 2.38. The zero-order valence-corrected chi connectivity index (χ0v) is 23.8. The van der Waals surface area contributed by atoms with Crippen molar-refractivity contribution in [1.29, 1.82) is 5.26 Å². The van der Waals surface area contributed by atoms with E-state index in [1.807, 2.05) is 24.3 Å². The first-order valence-corrected chi connectivity index (χ1v) is 14.5. The molecule has 2 saturated heterocycles. The minimum atomic E-state index is -0.386. The number of rotatable bonds is 7. The summed E-state index contributed by atoms with van der Waals surface area (Å²) >= 11 is 0. The Labute approximate surface area is 245 Å². The summed E-state index contributed by atoms with van der Waals surface area (Å²) in [7, 11) is 2.10. The van der Waals surface area contributed by atoms with E-state index in [1.165, 1.54) is 12.1 Å². The molecule has 218 valence electrons. The average Bonchev–Trinajstić information content (AvgIpc) is 3.43. The molecular formula is C32H35FN6O3. The van der Waals surface area contributed by atoms with Crippen LogP contribution < -0.4 is 9.64 Å². The number of likely N-dealkylation sites (tertiary alicyclic amines) is 1. The number of nitriles is 1. The zero-order valence-electron chi connectivity index (χ0n) is 23.8. The van der Waals surface area contributed by atoms with Gasteiger partial charge in [0.15, 0.2) is 0 Å². The number of carbonyl (C=O) groups excluding carboxylic acids is 1. The number of fused-ring (bicyclic) bond motifs is 2. The van der Waals surface area contributed by atoms with Crippen molar-refractivity contribution in [3.05, 3.63) is 71.7 Å². The molecule has 3 aliphatic heterocycles. The van der Waals surface area contributed by atoms with E-state index in [9.17, 15) is 14.4 Å². The SMILES string of the molecule is C=CC(=O)N1CCN(c2nc(OC[C@@H]3CCCN3C)nc3c2COC(c2cccc4cccc(F)c24)C3)C[C@@H]1CC#N. The Kier molecular flexibility index (Phi) is 8.05. The van der Waals surface area contributed by atoms with Crippen molar-refractivity contribution in [3.63, 3.8) is 0 Å². The third-order valence-electron chi connectivity index (χ3n) is 8.73. The second kappa shape index (κ2) is 12.0. The number of amides is 1. The monoisotopic (exact) mass is 570 g/mol. The van der Waals surface area contributed by atoms with Gasteiger partial charge in [-0.1, -0.05) is 36.9 Å². The van der Waals surface area contributed by atoms with Crippen LogP contribution in [0.1, 0.15) is 42.2 Å². The summed E-state index contributed by atoms with van der Waals surface area (Å²) in [6.07, 6.45) is 3.74. The van der Waals surface area contributed by atoms with Crippen molar-refractivity contribution in [3.8, 4) is 12.1 Å². The Morgan fingerprint density at radius 2 is 2.05 bits per heavy atom. The summed E-state index contributed by atoms with van der Waals surface area (Å²) in [5.74, 6) is 0.241. The molecule has 0 bridgehead atoms. The molecule has 0 radical (unpaired) electrons. The van der Waals surface area contributed by atoms with Crippen LogP contribution in [-0.4, -0.2) is 77.6 Å². The molecule has 0 saturated carbocycles. The standard InChI is InChI=1S/C32H35FN6O3/c1-3-29(40)39-16-15-38(18-22(39)12-13-34)31-25-20-41-28(24-10-4-7-21-8-5-11-26(33)30(21)24)17-27(25)35-32(36-31)42-19-23-9-6-14-37(23)2/h3-5,7-8,10-11,22-23,28H,1,6,9,12,14-20H2,2H3/t22-,23-,28?/m0/s1. The molecule has 10 heteroatoms. The fourth-order valence-electron chi connectivity index (χ4n) is 6.44. The fourth-order valence-corrected chi connectivity index (χ4v) is 6.44. The summed E-state index contributed by atoms with van der Waals surface area (Å²) in [6, 6.07) is 13.4. The Morgan fingerprint density at radius 3 is 2.81 bits per heavy atom. The van der Waals surface area contributed by atoms with E-state index >= 15 is 0 Å². The molecule has 1 amide bonds. The molecular weight excluding hydrogens is 535 g/mol. The van der Waals surface area contributed by atoms with Gasteiger partial charge in [0.05, 0.1) is 36.9 Å². The molecule has 2 aromatic carbocycles. The molecule has 42 heavy (non-hydrogen) atoms. The van der Waals surface area contributed by atoms with Gasteiger partial charge in [-0.3, -0.25) is 4.79 Å². The van der Waals surface area contributed by atoms with Crippen molar-refractivity contribution >= 4 is 22.5 Å². The topological polar surface area (TPSA) is 94.8 Å². The maximum absolute atomic E-state index is 15.0. The third-order valence-corrected chi connectivity index (χ3v) is 8.73. The largest absolute Gasteiger partial charge is 0.462 e. The number of likely N-dealkylation sites (N-methyl/N-ethyl adjacent to an activating group) is 1. The normalized spacial score (nSPS) is 22.5. The van der Waals surface area contributed by atoms with Gasteiger partial charge in [0.2, 0.25) is 5.91 Å². The number of piperazine rings is 1. The average molecular weight is 571 g/mol. The van der Waals surface area contributed by atoms with Crippen LogP contribution in [0.3, 0.4) is 0 Å². The molecule has 3 atom stereocenters. The summed E-state index contributed by atoms with van der Waals surface area (Å²) in [5.41, 5.74) is 2.45. The Morgan fingerprint density at radius 1 is 1.21 bits per heavy atom. The lowest BCUT2D eigenvalue weighted by molar-refractivity contribution is -0.128. The molecule has 0 aliphatic carbocycles. The van der Waals surface area contributed by atoms with Crippen LogP contribution in [0.15, 0.2) is 49.1 Å². The van der Waals surface area contributed by atoms with E-state index in [0.717, 1.165) is 41.6 Å². The molecule has 0 N–H and O–H groups in total. The van der Waals surface area contributed by atoms with E-state index in [1.54, 1.807) is 11.0 Å². The van der Waals surface area contributed by atoms with Crippen LogP contribution >= 0.6 is 0 Å². The predicted molar refractivity (Wildman–Crippen MR) is 156 cm³/mol. The Bertz CT molecular complexity index is 1540. The maximum atomic E-state index is 15.0. The zero-order chi connectivity index (χ0) is 29.2. The number of hydrogen-bond acceptors (Lipinski definition) is 8. The van der Waals surface area contributed by atoms with Crippen LogP contribution in [-0.2, 0) is 22.6 Å². The van der Waals surface area contributed by atoms with Crippen LogP contribution in [0, 0.1) is 17.1 Å². The van der Waals surface area contributed by atoms with Crippen LogP contribution in [0.5, 0.6) is 6.01 Å². The first-order valence-electron chi connectivity index (χ1n) is 14.5. The van der Waals surface area contributed by atoms with Crippen molar-refractivity contribution in [1.82, 2.24) is 19.8 Å². The van der Waals surface area contributed by atoms with Gasteiger partial charge in [-0.25, -0.2) is 4.39 Å². The quantitative estimate of drug-likeness (QED) is 0.391. The Hall–Kier alpha value is -4.07. The number of aromatic nitrogens is 2. The van der Waals surface area contributed by atoms with Crippen LogP contribution in [0.2, 0.25) is 0 Å². The fraction of sp³-hybridized carbons (Fsp3) is 0.438. The first kappa shape index (κ1) is 28.1. The van der Waals surface area contributed by atoms with E-state index in [-0.39, 0.29) is 36.9 Å². The number of carbonyl (C=O) groups is 1. The van der Waals surface area contributed by atoms with Gasteiger partial charge >= 0.3 is 6.01 Å². The van der Waals surface area contributed by atoms with E-state index < -0.39 is 0 Å². The second-order valence-electron chi connectivity index (χ2n) is 11.2. The molecule has 4 heterocycles. The first-order chi connectivity index (χ1) is 20.5. The van der Waals surface area contributed by atoms with Crippen molar-refractivity contribution < 1.29 is 18.7 Å². The molecule has 2 fully saturated rings. The molecule has 3 aliphatic rings. The number of hydrogen-bond donors (Lipinski definition) is 0. The Balaban J connectivity index is 1.34. The van der Waals surface area contributed by atoms with E-state index in [2.05, 4.69) is 29.5 Å². The minimum Gasteiger partial charge on any atom is -0.462 e. The lowest BCUT2D eigenvalue weighted by Gasteiger charge is -2.41. The van der Waals surface area contributed by atoms with Gasteiger partial charge in [-0.15, -0.1) is 0 Å². The molecule has 6 rings (SSSR count). The second-order valence-corrected chi connectivity index (χ2v) is 11.2. The van der Waals surface area contributed by atoms with Gasteiger partial charge in [0, 0.05) is 43.0 Å². The lowest BCUT2D eigenvalue weighted by Crippen LogP contribution is -2.55. The van der Waals surface area contributed by atoms with Crippen LogP contribution in [0.25, 0.3) is 10.8 Å². The highest BCUT2D eigenvalue weighted by molar-refractivity contribution is 5.88. The smallest absolute Gasteiger partial charge is 0.318 e. The highest BCUT2D eigenvalue weighted by atomic mass is 19.1. The molecule has 3 aromatic rings. The van der Waals surface area contributed by atoms with E-state index in [0.29, 0.717) is 55.9 Å². The van der Waals surface area contributed by atoms with Gasteiger partial charge < -0.3 is 24.2 Å². The number of ether oxygens (including phenoxy) is 2. The van der Waals surface area contributed by atoms with Crippen LogP contribution in [0.4, 0.5) is 10.2 Å². The van der Waals surface area contributed by atoms with Gasteiger partial charge in [0.1, 0.15) is 18.2 Å². The van der Waals surface area contributed by atoms with Crippen molar-refractivity contribution in [2.45, 2.75) is 50.5 Å². The van der Waals surface area contributed by atoms with Crippen molar-refractivity contribution in [2.24, 2.45) is 0 Å². The lowest BCUT2D eigenvalue weighted by atomic mass is 9.94. The number of benzene rings is 2. The number of nitrogens with zero attached hydrogens (tertiary/aromatic N) is 6. The van der Waals surface area contributed by atoms with E-state index in [4.69, 9.17) is 19.4 Å². The molecule has 1 aromatic heterocycles. The molecule has 1 unspecified atom stereocenters. The molecule has 0 spiro atoms. The third kappa shape index (κ3) is 5.42. The van der Waals surface area contributed by atoms with Gasteiger partial charge in [-0.05, 0) is 49.5 Å². The van der Waals surface area contributed by atoms with Gasteiger partial charge in [-0.2, -0.15) is 15.2 Å². The number of anilines is 1. The summed E-state index contributed by atoms with van der Waals surface area (Å²) in [5, 5.41) is 10.9. The summed E-state index contributed by atoms with van der Waals surface area (Å²) in [6.45, 7) is 6.82. The number of halogens is 1.